The van der Waals surface area contributed by atoms with E-state index in [4.69, 9.17) is 5.11 Å². The molecule has 0 atom stereocenters. The summed E-state index contributed by atoms with van der Waals surface area (Å²) in [6, 6.07) is 0. The largest absolute Gasteiger partial charge is 0.478 e. The molecular weight excluding hydrogens is 134 g/mol. The Morgan fingerprint density at radius 2 is 2.20 bits per heavy atom. The van der Waals surface area contributed by atoms with E-state index in [1.54, 1.807) is 0 Å². The number of carboxylic acid groups (broad SMARTS) is 1. The van der Waals surface area contributed by atoms with Crippen LogP contribution in [0.5, 0.6) is 0 Å². The molecule has 1 N–H and O–H groups in total. The first-order valence-electron chi connectivity index (χ1n) is 2.56. The molecule has 0 unspecified atom stereocenters. The number of carbonyl (C=O) groups excluding carboxylic acids is 1. The lowest BCUT2D eigenvalue weighted by molar-refractivity contribution is -0.132. The van der Waals surface area contributed by atoms with Crippen LogP contribution in [0.2, 0.25) is 0 Å². The van der Waals surface area contributed by atoms with Crippen LogP contribution < -0.4 is 5.32 Å². The minimum Gasteiger partial charge on any atom is -0.478 e. The fourth-order valence-electron chi connectivity index (χ4n) is 0.507. The predicted octanol–water partition coefficient (Wildman–Crippen LogP) is -0.344. The van der Waals surface area contributed by atoms with Gasteiger partial charge in [-0.3, -0.25) is 4.79 Å². The van der Waals surface area contributed by atoms with Gasteiger partial charge >= 0.3 is 5.97 Å². The lowest BCUT2D eigenvalue weighted by Crippen LogP contribution is -2.13. The third kappa shape index (κ3) is 1.22. The van der Waals surface area contributed by atoms with Gasteiger partial charge in [0.1, 0.15) is 0 Å². The first kappa shape index (κ1) is 6.54. The van der Waals surface area contributed by atoms with E-state index in [1.807, 2.05) is 0 Å². The maximum atomic E-state index is 10.3. The smallest absolute Gasteiger partial charge is 0.337 e. The Morgan fingerprint density at radius 1 is 1.50 bits per heavy atom. The molecule has 1 amide bonds. The summed E-state index contributed by atoms with van der Waals surface area (Å²) in [5, 5.41) is 11.6. The van der Waals surface area contributed by atoms with Crippen LogP contribution in [0.25, 0.3) is 0 Å². The molecule has 0 saturated heterocycles. The van der Waals surface area contributed by atoms with Gasteiger partial charge < -0.3 is 5.11 Å². The molecule has 10 heavy (non-hydrogen) atoms. The molecule has 0 aromatic carbocycles. The van der Waals surface area contributed by atoms with E-state index >= 15 is 0 Å². The highest BCUT2D eigenvalue weighted by Crippen LogP contribution is 2.00. The quantitative estimate of drug-likeness (QED) is 0.538. The SMILES string of the molecule is O=C1C=CC(C(=O)O)=C[N]1. The van der Waals surface area contributed by atoms with Gasteiger partial charge in [0, 0.05) is 12.3 Å². The summed E-state index contributed by atoms with van der Waals surface area (Å²) in [6.45, 7) is 0. The van der Waals surface area contributed by atoms with Crippen molar-refractivity contribution in [3.8, 4) is 0 Å². The number of nitrogens with zero attached hydrogens (tertiary/aromatic N) is 1. The zero-order valence-corrected chi connectivity index (χ0v) is 4.94. The van der Waals surface area contributed by atoms with Crippen LogP contribution in [0.3, 0.4) is 0 Å². The molecule has 0 spiro atoms. The minimum atomic E-state index is -1.08. The van der Waals surface area contributed by atoms with E-state index in [0.717, 1.165) is 12.3 Å². The fourth-order valence-corrected chi connectivity index (χ4v) is 0.507. The Morgan fingerprint density at radius 3 is 2.60 bits per heavy atom. The van der Waals surface area contributed by atoms with E-state index in [2.05, 4.69) is 5.32 Å². The molecule has 0 aliphatic carbocycles. The van der Waals surface area contributed by atoms with Crippen molar-refractivity contribution in [2.75, 3.05) is 0 Å². The van der Waals surface area contributed by atoms with Gasteiger partial charge in [0.2, 0.25) is 0 Å². The molecule has 0 aromatic heterocycles. The van der Waals surface area contributed by atoms with Crippen molar-refractivity contribution in [3.63, 3.8) is 0 Å². The van der Waals surface area contributed by atoms with Crippen LogP contribution in [-0.4, -0.2) is 17.0 Å². The summed E-state index contributed by atoms with van der Waals surface area (Å²) in [5.41, 5.74) is 0.0274. The molecule has 0 fully saturated rings. The van der Waals surface area contributed by atoms with Crippen LogP contribution >= 0.6 is 0 Å². The molecule has 1 aliphatic heterocycles. The molecule has 4 heteroatoms. The second-order valence-corrected chi connectivity index (χ2v) is 1.69. The first-order valence-corrected chi connectivity index (χ1v) is 2.56. The second-order valence-electron chi connectivity index (χ2n) is 1.69. The molecule has 0 saturated carbocycles. The van der Waals surface area contributed by atoms with Gasteiger partial charge in [-0.05, 0) is 6.08 Å². The number of aliphatic carboxylic acids is 1. The van der Waals surface area contributed by atoms with E-state index in [-0.39, 0.29) is 5.57 Å². The topological polar surface area (TPSA) is 68.5 Å². The lowest BCUT2D eigenvalue weighted by atomic mass is 10.2. The highest BCUT2D eigenvalue weighted by molar-refractivity contribution is 5.97. The zero-order chi connectivity index (χ0) is 7.56. The van der Waals surface area contributed by atoms with E-state index in [0.29, 0.717) is 0 Å². The Hall–Kier alpha value is -1.58. The average molecular weight is 138 g/mol. The lowest BCUT2D eigenvalue weighted by Gasteiger charge is -1.98. The average Bonchev–Trinajstić information content (AvgIpc) is 1.88. The molecule has 1 aliphatic rings. The van der Waals surface area contributed by atoms with Crippen LogP contribution in [-0.2, 0) is 9.59 Å². The number of carbonyl (C=O) groups is 2. The number of hydrogen-bond donors (Lipinski definition) is 1. The minimum absolute atomic E-state index is 0.0274. The standard InChI is InChI=1S/C6H4NO3/c8-5-2-1-4(3-7-5)6(9)10/h1-3H,(H,9,10). The zero-order valence-electron chi connectivity index (χ0n) is 4.94. The summed E-state index contributed by atoms with van der Waals surface area (Å²) >= 11 is 0. The van der Waals surface area contributed by atoms with E-state index < -0.39 is 11.9 Å². The van der Waals surface area contributed by atoms with Crippen molar-refractivity contribution in [1.82, 2.24) is 5.32 Å². The Balaban J connectivity index is 2.77. The Kier molecular flexibility index (Phi) is 1.53. The number of amides is 1. The van der Waals surface area contributed by atoms with Gasteiger partial charge in [-0.1, -0.05) is 0 Å². The van der Waals surface area contributed by atoms with Crippen molar-refractivity contribution in [2.24, 2.45) is 0 Å². The Bertz CT molecular complexity index is 239. The van der Waals surface area contributed by atoms with Gasteiger partial charge in [-0.15, -0.1) is 0 Å². The number of hydrogen-bond acceptors (Lipinski definition) is 2. The first-order chi connectivity index (χ1) is 4.70. The molecule has 0 aromatic rings. The molecular formula is C6H4NO3. The van der Waals surface area contributed by atoms with Crippen molar-refractivity contribution in [1.29, 1.82) is 0 Å². The molecule has 1 rings (SSSR count). The summed E-state index contributed by atoms with van der Waals surface area (Å²) in [7, 11) is 0. The maximum Gasteiger partial charge on any atom is 0.337 e. The second kappa shape index (κ2) is 2.34. The third-order valence-electron chi connectivity index (χ3n) is 0.983. The highest BCUT2D eigenvalue weighted by Gasteiger charge is 2.09. The van der Waals surface area contributed by atoms with Gasteiger partial charge in [-0.25, -0.2) is 10.1 Å². The monoisotopic (exact) mass is 138 g/mol. The molecule has 0 bridgehead atoms. The number of rotatable bonds is 1. The third-order valence-corrected chi connectivity index (χ3v) is 0.983. The molecule has 51 valence electrons. The molecule has 4 nitrogen and oxygen atoms in total. The molecule has 1 heterocycles. The molecule has 1 radical (unpaired) electrons. The van der Waals surface area contributed by atoms with Gasteiger partial charge in [-0.2, -0.15) is 0 Å². The predicted molar refractivity (Wildman–Crippen MR) is 32.0 cm³/mol. The number of carboxylic acids is 1. The summed E-state index contributed by atoms with van der Waals surface area (Å²) in [5.74, 6) is -1.50. The fraction of sp³-hybridized carbons (Fsp3) is 0. The van der Waals surface area contributed by atoms with Crippen molar-refractivity contribution >= 4 is 11.9 Å². The van der Waals surface area contributed by atoms with Crippen molar-refractivity contribution in [3.05, 3.63) is 23.9 Å². The van der Waals surface area contributed by atoms with Crippen molar-refractivity contribution < 1.29 is 14.7 Å². The summed E-state index contributed by atoms with van der Waals surface area (Å²) in [6.07, 6.45) is 3.37. The van der Waals surface area contributed by atoms with Crippen LogP contribution in [0.15, 0.2) is 23.9 Å². The normalized spacial score (nSPS) is 16.0. The van der Waals surface area contributed by atoms with Gasteiger partial charge in [0.25, 0.3) is 5.91 Å². The van der Waals surface area contributed by atoms with Crippen LogP contribution in [0.1, 0.15) is 0 Å². The summed E-state index contributed by atoms with van der Waals surface area (Å²) in [4.78, 5) is 20.5. The summed E-state index contributed by atoms with van der Waals surface area (Å²) < 4.78 is 0. The van der Waals surface area contributed by atoms with Gasteiger partial charge in [0.15, 0.2) is 0 Å². The van der Waals surface area contributed by atoms with Crippen LogP contribution in [0.4, 0.5) is 0 Å². The Labute approximate surface area is 56.8 Å². The highest BCUT2D eigenvalue weighted by atomic mass is 16.4. The van der Waals surface area contributed by atoms with Crippen molar-refractivity contribution in [2.45, 2.75) is 0 Å². The maximum absolute atomic E-state index is 10.3. The van der Waals surface area contributed by atoms with E-state index in [1.165, 1.54) is 6.08 Å². The van der Waals surface area contributed by atoms with Crippen LogP contribution in [0, 0.1) is 0 Å². The van der Waals surface area contributed by atoms with E-state index in [9.17, 15) is 9.59 Å². The van der Waals surface area contributed by atoms with Gasteiger partial charge in [0.05, 0.1) is 5.57 Å².